The lowest BCUT2D eigenvalue weighted by molar-refractivity contribution is 0.112. The van der Waals surface area contributed by atoms with E-state index in [1.807, 2.05) is 0 Å². The minimum absolute atomic E-state index is 0.0689. The van der Waals surface area contributed by atoms with Gasteiger partial charge in [0.1, 0.15) is 6.29 Å². The summed E-state index contributed by atoms with van der Waals surface area (Å²) in [6, 6.07) is 6.76. The number of carbonyl (C=O) groups is 1. The fraction of sp³-hybridized carbons (Fsp3) is 0.300. The van der Waals surface area contributed by atoms with Gasteiger partial charge < -0.3 is 0 Å². The summed E-state index contributed by atoms with van der Waals surface area (Å²) in [6.45, 7) is 1.84. The first-order valence-corrected chi connectivity index (χ1v) is 6.24. The van der Waals surface area contributed by atoms with Gasteiger partial charge in [-0.15, -0.1) is 0 Å². The Kier molecular flexibility index (Phi) is 3.99. The Hall–Kier alpha value is -1.20. The molecule has 0 aliphatic heterocycles. The van der Waals surface area contributed by atoms with E-state index in [1.54, 1.807) is 31.2 Å². The number of aldehydes is 1. The minimum atomic E-state index is -3.15. The van der Waals surface area contributed by atoms with Crippen molar-refractivity contribution in [3.63, 3.8) is 0 Å². The van der Waals surface area contributed by atoms with Gasteiger partial charge in [-0.2, -0.15) is 0 Å². The van der Waals surface area contributed by atoms with Gasteiger partial charge in [-0.05, 0) is 12.5 Å². The number of rotatable bonds is 5. The van der Waals surface area contributed by atoms with Crippen molar-refractivity contribution in [2.24, 2.45) is 0 Å². The Morgan fingerprint density at radius 3 is 2.33 bits per heavy atom. The van der Waals surface area contributed by atoms with Crippen LogP contribution < -0.4 is 4.72 Å². The van der Waals surface area contributed by atoms with Crippen LogP contribution in [-0.2, 0) is 16.6 Å². The van der Waals surface area contributed by atoms with Crippen LogP contribution in [0.4, 0.5) is 0 Å². The molecule has 0 atom stereocenters. The number of sulfonamides is 1. The van der Waals surface area contributed by atoms with E-state index >= 15 is 0 Å². The van der Waals surface area contributed by atoms with Crippen LogP contribution in [0.1, 0.15) is 22.8 Å². The average Bonchev–Trinajstić information content (AvgIpc) is 2.27. The molecular formula is C10H13NO3S. The van der Waals surface area contributed by atoms with E-state index in [0.717, 1.165) is 11.8 Å². The molecular weight excluding hydrogens is 214 g/mol. The van der Waals surface area contributed by atoms with Gasteiger partial charge in [-0.25, -0.2) is 13.1 Å². The highest BCUT2D eigenvalue weighted by Gasteiger charge is 2.05. The Morgan fingerprint density at radius 2 is 1.87 bits per heavy atom. The van der Waals surface area contributed by atoms with E-state index in [-0.39, 0.29) is 12.3 Å². The van der Waals surface area contributed by atoms with Crippen molar-refractivity contribution in [1.29, 1.82) is 0 Å². The second kappa shape index (κ2) is 5.04. The molecule has 0 aliphatic rings. The van der Waals surface area contributed by atoms with E-state index in [4.69, 9.17) is 0 Å². The summed E-state index contributed by atoms with van der Waals surface area (Å²) in [5.41, 5.74) is 1.41. The standard InChI is InChI=1S/C10H13NO3S/c1-2-15(13,14)11-7-9-3-5-10(8-12)6-4-9/h3-6,8,11H,2,7H2,1H3. The van der Waals surface area contributed by atoms with Gasteiger partial charge in [0.05, 0.1) is 5.75 Å². The highest BCUT2D eigenvalue weighted by molar-refractivity contribution is 7.89. The first kappa shape index (κ1) is 11.9. The molecule has 1 aromatic carbocycles. The maximum atomic E-state index is 11.1. The largest absolute Gasteiger partial charge is 0.298 e. The molecule has 5 heteroatoms. The summed E-state index contributed by atoms with van der Waals surface area (Å²) in [5.74, 6) is 0.0689. The van der Waals surface area contributed by atoms with Crippen LogP contribution in [0.2, 0.25) is 0 Å². The smallest absolute Gasteiger partial charge is 0.211 e. The van der Waals surface area contributed by atoms with Crippen LogP contribution >= 0.6 is 0 Å². The summed E-state index contributed by atoms with van der Waals surface area (Å²) in [4.78, 5) is 10.4. The number of benzene rings is 1. The molecule has 0 spiro atoms. The van der Waals surface area contributed by atoms with E-state index in [0.29, 0.717) is 5.56 Å². The van der Waals surface area contributed by atoms with Gasteiger partial charge in [-0.3, -0.25) is 4.79 Å². The number of hydrogen-bond donors (Lipinski definition) is 1. The molecule has 4 nitrogen and oxygen atoms in total. The third-order valence-corrected chi connectivity index (χ3v) is 3.34. The van der Waals surface area contributed by atoms with Crippen molar-refractivity contribution < 1.29 is 13.2 Å². The van der Waals surface area contributed by atoms with Crippen molar-refractivity contribution in [3.8, 4) is 0 Å². The van der Waals surface area contributed by atoms with E-state index in [2.05, 4.69) is 4.72 Å². The molecule has 0 fully saturated rings. The molecule has 0 aromatic heterocycles. The predicted octanol–water partition coefficient (Wildman–Crippen LogP) is 0.938. The second-order valence-corrected chi connectivity index (χ2v) is 5.18. The van der Waals surface area contributed by atoms with Gasteiger partial charge in [-0.1, -0.05) is 24.3 Å². The van der Waals surface area contributed by atoms with E-state index in [9.17, 15) is 13.2 Å². The first-order valence-electron chi connectivity index (χ1n) is 4.59. The summed E-state index contributed by atoms with van der Waals surface area (Å²) in [6.07, 6.45) is 0.750. The highest BCUT2D eigenvalue weighted by Crippen LogP contribution is 2.02. The van der Waals surface area contributed by atoms with Crippen molar-refractivity contribution in [3.05, 3.63) is 35.4 Å². The Labute approximate surface area is 89.4 Å². The van der Waals surface area contributed by atoms with Gasteiger partial charge in [0.15, 0.2) is 0 Å². The van der Waals surface area contributed by atoms with Gasteiger partial charge >= 0.3 is 0 Å². The van der Waals surface area contributed by atoms with Crippen molar-refractivity contribution >= 4 is 16.3 Å². The number of carbonyl (C=O) groups excluding carboxylic acids is 1. The van der Waals surface area contributed by atoms with Gasteiger partial charge in [0.2, 0.25) is 10.0 Å². The molecule has 0 bridgehead atoms. The maximum Gasteiger partial charge on any atom is 0.211 e. The Balaban J connectivity index is 2.62. The van der Waals surface area contributed by atoms with Crippen molar-refractivity contribution in [1.82, 2.24) is 4.72 Å². The SMILES string of the molecule is CCS(=O)(=O)NCc1ccc(C=O)cc1. The zero-order valence-corrected chi connectivity index (χ0v) is 9.25. The van der Waals surface area contributed by atoms with Crippen LogP contribution in [-0.4, -0.2) is 20.5 Å². The van der Waals surface area contributed by atoms with Gasteiger partial charge in [0.25, 0.3) is 0 Å². The summed E-state index contributed by atoms with van der Waals surface area (Å²) in [7, 11) is -3.15. The molecule has 0 saturated heterocycles. The van der Waals surface area contributed by atoms with Crippen LogP contribution in [0.3, 0.4) is 0 Å². The molecule has 0 heterocycles. The predicted molar refractivity (Wildman–Crippen MR) is 58.1 cm³/mol. The molecule has 0 radical (unpaired) electrons. The van der Waals surface area contributed by atoms with Crippen LogP contribution in [0.25, 0.3) is 0 Å². The number of hydrogen-bond acceptors (Lipinski definition) is 3. The third-order valence-electron chi connectivity index (χ3n) is 1.99. The fourth-order valence-corrected chi connectivity index (χ4v) is 1.60. The highest BCUT2D eigenvalue weighted by atomic mass is 32.2. The monoisotopic (exact) mass is 227 g/mol. The van der Waals surface area contributed by atoms with Crippen LogP contribution in [0.15, 0.2) is 24.3 Å². The second-order valence-electron chi connectivity index (χ2n) is 3.08. The summed E-state index contributed by atoms with van der Waals surface area (Å²) < 4.78 is 24.7. The lowest BCUT2D eigenvalue weighted by atomic mass is 10.1. The molecule has 15 heavy (non-hydrogen) atoms. The minimum Gasteiger partial charge on any atom is -0.298 e. The average molecular weight is 227 g/mol. The normalized spacial score (nSPS) is 11.3. The fourth-order valence-electron chi connectivity index (χ4n) is 1.01. The maximum absolute atomic E-state index is 11.1. The van der Waals surface area contributed by atoms with E-state index < -0.39 is 10.0 Å². The van der Waals surface area contributed by atoms with Crippen molar-refractivity contribution in [2.75, 3.05) is 5.75 Å². The molecule has 0 amide bonds. The molecule has 0 saturated carbocycles. The quantitative estimate of drug-likeness (QED) is 0.761. The molecule has 1 rings (SSSR count). The van der Waals surface area contributed by atoms with Crippen LogP contribution in [0.5, 0.6) is 0 Å². The first-order chi connectivity index (χ1) is 7.07. The molecule has 1 N–H and O–H groups in total. The zero-order chi connectivity index (χ0) is 11.3. The van der Waals surface area contributed by atoms with Crippen molar-refractivity contribution in [2.45, 2.75) is 13.5 Å². The molecule has 82 valence electrons. The molecule has 1 aromatic rings. The topological polar surface area (TPSA) is 63.2 Å². The lowest BCUT2D eigenvalue weighted by Crippen LogP contribution is -2.24. The Bertz CT molecular complexity index is 422. The van der Waals surface area contributed by atoms with Crippen LogP contribution in [0, 0.1) is 0 Å². The summed E-state index contributed by atoms with van der Waals surface area (Å²) >= 11 is 0. The zero-order valence-electron chi connectivity index (χ0n) is 8.43. The number of nitrogens with one attached hydrogen (secondary N) is 1. The van der Waals surface area contributed by atoms with Gasteiger partial charge in [0, 0.05) is 12.1 Å². The van der Waals surface area contributed by atoms with E-state index in [1.165, 1.54) is 0 Å². The Morgan fingerprint density at radius 1 is 1.27 bits per heavy atom. The third kappa shape index (κ3) is 3.81. The summed E-state index contributed by atoms with van der Waals surface area (Å²) in [5, 5.41) is 0. The molecule has 0 unspecified atom stereocenters. The lowest BCUT2D eigenvalue weighted by Gasteiger charge is -2.04. The molecule has 0 aliphatic carbocycles.